The Hall–Kier alpha value is -0.860. The molecule has 2 heteroatoms. The van der Waals surface area contributed by atoms with Crippen molar-refractivity contribution in [2.75, 3.05) is 19.6 Å². The van der Waals surface area contributed by atoms with Gasteiger partial charge in [-0.05, 0) is 49.9 Å². The molecular weight excluding hydrogens is 232 g/mol. The first-order chi connectivity index (χ1) is 9.19. The van der Waals surface area contributed by atoms with Gasteiger partial charge in [0.25, 0.3) is 0 Å². The van der Waals surface area contributed by atoms with Gasteiger partial charge in [-0.1, -0.05) is 38.1 Å². The average Bonchev–Trinajstić information content (AvgIpc) is 2.39. The molecule has 2 rings (SSSR count). The van der Waals surface area contributed by atoms with Crippen LogP contribution in [0.5, 0.6) is 0 Å². The third kappa shape index (κ3) is 4.32. The summed E-state index contributed by atoms with van der Waals surface area (Å²) < 4.78 is 0. The van der Waals surface area contributed by atoms with Crippen molar-refractivity contribution >= 4 is 0 Å². The van der Waals surface area contributed by atoms with E-state index in [1.807, 2.05) is 0 Å². The lowest BCUT2D eigenvalue weighted by molar-refractivity contribution is 0.190. The molecule has 1 N–H and O–H groups in total. The topological polar surface area (TPSA) is 15.3 Å². The van der Waals surface area contributed by atoms with Crippen LogP contribution in [-0.2, 0) is 6.54 Å². The fraction of sp³-hybridized carbons (Fsp3) is 0.647. The van der Waals surface area contributed by atoms with Crippen molar-refractivity contribution in [2.24, 2.45) is 5.92 Å². The largest absolute Gasteiger partial charge is 0.314 e. The number of nitrogens with zero attached hydrogens (tertiary/aromatic N) is 1. The van der Waals surface area contributed by atoms with Crippen LogP contribution in [0.3, 0.4) is 0 Å². The van der Waals surface area contributed by atoms with Crippen molar-refractivity contribution in [1.82, 2.24) is 10.2 Å². The number of nitrogens with one attached hydrogen (secondary N) is 1. The summed E-state index contributed by atoms with van der Waals surface area (Å²) in [6.45, 7) is 11.5. The molecule has 1 aliphatic heterocycles. The van der Waals surface area contributed by atoms with Gasteiger partial charge in [0.05, 0.1) is 0 Å². The van der Waals surface area contributed by atoms with E-state index >= 15 is 0 Å². The van der Waals surface area contributed by atoms with Gasteiger partial charge < -0.3 is 5.32 Å². The maximum absolute atomic E-state index is 3.69. The minimum Gasteiger partial charge on any atom is -0.314 e. The lowest BCUT2D eigenvalue weighted by atomic mass is 10.0. The van der Waals surface area contributed by atoms with Gasteiger partial charge in [-0.2, -0.15) is 0 Å². The highest BCUT2D eigenvalue weighted by Crippen LogP contribution is 2.15. The SMILES string of the molecule is CCC1CCN(Cc2ccccc2C)CC(C)CN1. The molecule has 1 aromatic rings. The summed E-state index contributed by atoms with van der Waals surface area (Å²) in [5.74, 6) is 0.735. The number of hydrogen-bond acceptors (Lipinski definition) is 2. The Morgan fingerprint density at radius 3 is 2.84 bits per heavy atom. The van der Waals surface area contributed by atoms with Gasteiger partial charge in [-0.3, -0.25) is 4.90 Å². The fourth-order valence-electron chi connectivity index (χ4n) is 2.93. The van der Waals surface area contributed by atoms with E-state index < -0.39 is 0 Å². The van der Waals surface area contributed by atoms with Gasteiger partial charge in [0.1, 0.15) is 0 Å². The Kier molecular flexibility index (Phi) is 5.41. The van der Waals surface area contributed by atoms with Gasteiger partial charge in [-0.25, -0.2) is 0 Å². The van der Waals surface area contributed by atoms with Crippen LogP contribution >= 0.6 is 0 Å². The van der Waals surface area contributed by atoms with E-state index in [0.29, 0.717) is 6.04 Å². The standard InChI is InChI=1S/C17H28N2/c1-4-17-9-10-19(12-14(2)11-18-17)13-16-8-6-5-7-15(16)3/h5-8,14,17-18H,4,9-13H2,1-3H3. The first-order valence-electron chi connectivity index (χ1n) is 7.69. The van der Waals surface area contributed by atoms with Gasteiger partial charge in [0.2, 0.25) is 0 Å². The molecular formula is C17H28N2. The number of benzene rings is 1. The van der Waals surface area contributed by atoms with Gasteiger partial charge in [-0.15, -0.1) is 0 Å². The minimum absolute atomic E-state index is 0.696. The van der Waals surface area contributed by atoms with Crippen molar-refractivity contribution in [1.29, 1.82) is 0 Å². The summed E-state index contributed by atoms with van der Waals surface area (Å²) in [6, 6.07) is 9.48. The third-order valence-corrected chi connectivity index (χ3v) is 4.27. The molecule has 2 nitrogen and oxygen atoms in total. The second-order valence-electron chi connectivity index (χ2n) is 6.07. The Labute approximate surface area is 118 Å². The summed E-state index contributed by atoms with van der Waals surface area (Å²) in [4.78, 5) is 2.64. The zero-order valence-electron chi connectivity index (χ0n) is 12.7. The van der Waals surface area contributed by atoms with Crippen molar-refractivity contribution in [3.8, 4) is 0 Å². The molecule has 0 amide bonds. The molecule has 1 heterocycles. The maximum Gasteiger partial charge on any atom is 0.0236 e. The molecule has 1 saturated heterocycles. The van der Waals surface area contributed by atoms with E-state index in [9.17, 15) is 0 Å². The molecule has 19 heavy (non-hydrogen) atoms. The predicted octanol–water partition coefficient (Wildman–Crippen LogP) is 3.21. The smallest absolute Gasteiger partial charge is 0.0236 e. The van der Waals surface area contributed by atoms with E-state index in [-0.39, 0.29) is 0 Å². The Morgan fingerprint density at radius 1 is 1.32 bits per heavy atom. The highest BCUT2D eigenvalue weighted by atomic mass is 15.1. The average molecular weight is 260 g/mol. The quantitative estimate of drug-likeness (QED) is 0.898. The normalized spacial score (nSPS) is 25.8. The second-order valence-corrected chi connectivity index (χ2v) is 6.07. The third-order valence-electron chi connectivity index (χ3n) is 4.27. The van der Waals surface area contributed by atoms with Crippen molar-refractivity contribution < 1.29 is 0 Å². The Morgan fingerprint density at radius 2 is 2.11 bits per heavy atom. The lowest BCUT2D eigenvalue weighted by Gasteiger charge is -2.32. The number of rotatable bonds is 3. The van der Waals surface area contributed by atoms with Crippen LogP contribution in [0.15, 0.2) is 24.3 Å². The van der Waals surface area contributed by atoms with E-state index in [1.54, 1.807) is 0 Å². The van der Waals surface area contributed by atoms with Crippen LogP contribution in [0.4, 0.5) is 0 Å². The molecule has 1 fully saturated rings. The fourth-order valence-corrected chi connectivity index (χ4v) is 2.93. The predicted molar refractivity (Wildman–Crippen MR) is 82.3 cm³/mol. The Balaban J connectivity index is 1.99. The highest BCUT2D eigenvalue weighted by Gasteiger charge is 2.18. The van der Waals surface area contributed by atoms with Crippen molar-refractivity contribution in [2.45, 2.75) is 46.2 Å². The zero-order valence-corrected chi connectivity index (χ0v) is 12.7. The summed E-state index contributed by atoms with van der Waals surface area (Å²) in [5.41, 5.74) is 2.90. The van der Waals surface area contributed by atoms with Crippen LogP contribution in [0.2, 0.25) is 0 Å². The second kappa shape index (κ2) is 7.06. The van der Waals surface area contributed by atoms with Gasteiger partial charge >= 0.3 is 0 Å². The summed E-state index contributed by atoms with van der Waals surface area (Å²) in [5, 5.41) is 3.69. The molecule has 2 unspecified atom stereocenters. The molecule has 0 saturated carbocycles. The van der Waals surface area contributed by atoms with Crippen LogP contribution in [0.25, 0.3) is 0 Å². The summed E-state index contributed by atoms with van der Waals surface area (Å²) >= 11 is 0. The van der Waals surface area contributed by atoms with Crippen molar-refractivity contribution in [3.63, 3.8) is 0 Å². The number of hydrogen-bond donors (Lipinski definition) is 1. The minimum atomic E-state index is 0.696. The van der Waals surface area contributed by atoms with Gasteiger partial charge in [0.15, 0.2) is 0 Å². The lowest BCUT2D eigenvalue weighted by Crippen LogP contribution is -2.43. The van der Waals surface area contributed by atoms with Gasteiger partial charge in [0, 0.05) is 19.1 Å². The highest BCUT2D eigenvalue weighted by molar-refractivity contribution is 5.25. The first kappa shape index (κ1) is 14.5. The molecule has 106 valence electrons. The molecule has 2 atom stereocenters. The van der Waals surface area contributed by atoms with Crippen LogP contribution in [0.1, 0.15) is 37.8 Å². The zero-order chi connectivity index (χ0) is 13.7. The number of aryl methyl sites for hydroxylation is 1. The Bertz CT molecular complexity index is 389. The van der Waals surface area contributed by atoms with E-state index in [4.69, 9.17) is 0 Å². The monoisotopic (exact) mass is 260 g/mol. The van der Waals surface area contributed by atoms with E-state index in [1.165, 1.54) is 37.1 Å². The molecule has 0 spiro atoms. The van der Waals surface area contributed by atoms with Crippen LogP contribution in [0, 0.1) is 12.8 Å². The van der Waals surface area contributed by atoms with E-state index in [2.05, 4.69) is 55.3 Å². The summed E-state index contributed by atoms with van der Waals surface area (Å²) in [6.07, 6.45) is 2.51. The van der Waals surface area contributed by atoms with Crippen LogP contribution in [-0.4, -0.2) is 30.6 Å². The van der Waals surface area contributed by atoms with E-state index in [0.717, 1.165) is 19.0 Å². The molecule has 0 bridgehead atoms. The molecule has 0 radical (unpaired) electrons. The molecule has 0 aromatic heterocycles. The molecule has 0 aliphatic carbocycles. The van der Waals surface area contributed by atoms with Crippen LogP contribution < -0.4 is 5.32 Å². The summed E-state index contributed by atoms with van der Waals surface area (Å²) in [7, 11) is 0. The molecule has 1 aliphatic rings. The van der Waals surface area contributed by atoms with Crippen molar-refractivity contribution in [3.05, 3.63) is 35.4 Å². The molecule has 1 aromatic carbocycles. The first-order valence-corrected chi connectivity index (χ1v) is 7.69. The maximum atomic E-state index is 3.69.